The highest BCUT2D eigenvalue weighted by molar-refractivity contribution is 9.10. The van der Waals surface area contributed by atoms with Gasteiger partial charge in [-0.15, -0.1) is 11.3 Å². The number of hydrogen-bond donors (Lipinski definition) is 2. The zero-order valence-corrected chi connectivity index (χ0v) is 16.4. The van der Waals surface area contributed by atoms with Crippen molar-refractivity contribution in [2.75, 3.05) is 0 Å². The van der Waals surface area contributed by atoms with Crippen molar-refractivity contribution < 1.29 is 13.2 Å². The number of nitrogens with one attached hydrogen (secondary N) is 1. The third-order valence-corrected chi connectivity index (χ3v) is 5.89. The van der Waals surface area contributed by atoms with Gasteiger partial charge in [0.15, 0.2) is 0 Å². The number of nitrogens with zero attached hydrogens (tertiary/aromatic N) is 2. The zero-order chi connectivity index (χ0) is 18.7. The number of pyridine rings is 1. The van der Waals surface area contributed by atoms with Crippen LogP contribution in [-0.2, 0) is 16.6 Å². The molecule has 0 bridgehead atoms. The van der Waals surface area contributed by atoms with Crippen molar-refractivity contribution in [3.05, 3.63) is 63.1 Å². The molecule has 3 aromatic rings. The molecule has 0 radical (unpaired) electrons. The lowest BCUT2D eigenvalue weighted by atomic mass is 10.2. The van der Waals surface area contributed by atoms with Gasteiger partial charge in [-0.25, -0.2) is 18.5 Å². The van der Waals surface area contributed by atoms with Crippen LogP contribution in [-0.4, -0.2) is 24.3 Å². The molecule has 7 nitrogen and oxygen atoms in total. The molecule has 3 N–H and O–H groups in total. The number of rotatable bonds is 5. The highest BCUT2D eigenvalue weighted by atomic mass is 79.9. The van der Waals surface area contributed by atoms with E-state index in [1.54, 1.807) is 12.4 Å². The molecular weight excluding hydrogens is 440 g/mol. The van der Waals surface area contributed by atoms with Crippen molar-refractivity contribution >= 4 is 43.2 Å². The van der Waals surface area contributed by atoms with E-state index in [1.165, 1.54) is 29.5 Å². The summed E-state index contributed by atoms with van der Waals surface area (Å²) in [5.74, 6) is -0.428. The standard InChI is InChI=1S/C16H13BrN4O3S2/c17-13-2-1-11(26(18,23)24)7-12(13)16(22)20-8-15-21-14(9-25-15)10-3-5-19-6-4-10/h1-7,9H,8H2,(H,20,22)(H2,18,23,24). The molecule has 0 spiro atoms. The number of carbonyl (C=O) groups is 1. The minimum atomic E-state index is -3.89. The first-order valence-electron chi connectivity index (χ1n) is 7.30. The molecule has 2 aromatic heterocycles. The number of sulfonamides is 1. The van der Waals surface area contributed by atoms with Crippen LogP contribution in [0.4, 0.5) is 0 Å². The predicted octanol–water partition coefficient (Wildman–Crippen LogP) is 2.55. The summed E-state index contributed by atoms with van der Waals surface area (Å²) >= 11 is 4.66. The van der Waals surface area contributed by atoms with E-state index < -0.39 is 15.9 Å². The molecule has 134 valence electrons. The third-order valence-electron chi connectivity index (χ3n) is 3.44. The Kier molecular flexibility index (Phi) is 5.47. The normalized spacial score (nSPS) is 11.3. The van der Waals surface area contributed by atoms with E-state index in [0.29, 0.717) is 4.47 Å². The molecule has 26 heavy (non-hydrogen) atoms. The van der Waals surface area contributed by atoms with Crippen LogP contribution < -0.4 is 10.5 Å². The van der Waals surface area contributed by atoms with Gasteiger partial charge in [-0.1, -0.05) is 0 Å². The fourth-order valence-electron chi connectivity index (χ4n) is 2.15. The summed E-state index contributed by atoms with van der Waals surface area (Å²) in [4.78, 5) is 20.7. The van der Waals surface area contributed by atoms with E-state index >= 15 is 0 Å². The number of hydrogen-bond acceptors (Lipinski definition) is 6. The largest absolute Gasteiger partial charge is 0.345 e. The number of primary sulfonamides is 1. The number of thiazole rings is 1. The first kappa shape index (κ1) is 18.6. The molecule has 0 aliphatic carbocycles. The molecule has 3 rings (SSSR count). The van der Waals surface area contributed by atoms with Gasteiger partial charge in [0.05, 0.1) is 22.7 Å². The van der Waals surface area contributed by atoms with Crippen molar-refractivity contribution in [3.63, 3.8) is 0 Å². The molecule has 0 saturated carbocycles. The van der Waals surface area contributed by atoms with Gasteiger partial charge in [-0.3, -0.25) is 9.78 Å². The number of halogens is 1. The maximum Gasteiger partial charge on any atom is 0.252 e. The van der Waals surface area contributed by atoms with Crippen LogP contribution in [0, 0.1) is 0 Å². The van der Waals surface area contributed by atoms with Crippen LogP contribution >= 0.6 is 27.3 Å². The lowest BCUT2D eigenvalue weighted by molar-refractivity contribution is 0.0950. The second-order valence-electron chi connectivity index (χ2n) is 5.23. The van der Waals surface area contributed by atoms with Crippen LogP contribution in [0.3, 0.4) is 0 Å². The lowest BCUT2D eigenvalue weighted by Gasteiger charge is -2.07. The lowest BCUT2D eigenvalue weighted by Crippen LogP contribution is -2.24. The Balaban J connectivity index is 1.73. The first-order chi connectivity index (χ1) is 12.3. The van der Waals surface area contributed by atoms with Gasteiger partial charge in [0.2, 0.25) is 10.0 Å². The minimum Gasteiger partial charge on any atom is -0.345 e. The summed E-state index contributed by atoms with van der Waals surface area (Å²) in [6.45, 7) is 0.223. The van der Waals surface area contributed by atoms with Crippen LogP contribution in [0.25, 0.3) is 11.3 Å². The van der Waals surface area contributed by atoms with Crippen LogP contribution in [0.5, 0.6) is 0 Å². The van der Waals surface area contributed by atoms with Gasteiger partial charge >= 0.3 is 0 Å². The van der Waals surface area contributed by atoms with E-state index in [9.17, 15) is 13.2 Å². The fraction of sp³-hybridized carbons (Fsp3) is 0.0625. The molecule has 10 heteroatoms. The number of carbonyl (C=O) groups excluding carboxylic acids is 1. The van der Waals surface area contributed by atoms with Crippen molar-refractivity contribution in [3.8, 4) is 11.3 Å². The maximum atomic E-state index is 12.4. The summed E-state index contributed by atoms with van der Waals surface area (Å²) in [6, 6.07) is 7.75. The Morgan fingerprint density at radius 1 is 1.23 bits per heavy atom. The van der Waals surface area contributed by atoms with Gasteiger partial charge in [-0.2, -0.15) is 0 Å². The molecule has 0 aliphatic rings. The first-order valence-corrected chi connectivity index (χ1v) is 10.5. The second-order valence-corrected chi connectivity index (χ2v) is 8.59. The summed E-state index contributed by atoms with van der Waals surface area (Å²) in [5.41, 5.74) is 1.93. The highest BCUT2D eigenvalue weighted by Gasteiger charge is 2.16. The van der Waals surface area contributed by atoms with Crippen LogP contribution in [0.1, 0.15) is 15.4 Å². The molecule has 0 fully saturated rings. The molecule has 0 unspecified atom stereocenters. The van der Waals surface area contributed by atoms with E-state index in [1.807, 2.05) is 17.5 Å². The number of amides is 1. The van der Waals surface area contributed by atoms with Gasteiger partial charge in [0.25, 0.3) is 5.91 Å². The van der Waals surface area contributed by atoms with Crippen molar-refractivity contribution in [2.45, 2.75) is 11.4 Å². The smallest absolute Gasteiger partial charge is 0.252 e. The quantitative estimate of drug-likeness (QED) is 0.616. The number of aromatic nitrogens is 2. The predicted molar refractivity (Wildman–Crippen MR) is 102 cm³/mol. The monoisotopic (exact) mass is 452 g/mol. The average Bonchev–Trinajstić information content (AvgIpc) is 3.09. The highest BCUT2D eigenvalue weighted by Crippen LogP contribution is 2.22. The molecule has 0 aliphatic heterocycles. The molecule has 0 saturated heterocycles. The maximum absolute atomic E-state index is 12.4. The van der Waals surface area contributed by atoms with E-state index in [0.717, 1.165) is 16.3 Å². The third kappa shape index (κ3) is 4.33. The van der Waals surface area contributed by atoms with Gasteiger partial charge < -0.3 is 5.32 Å². The summed E-state index contributed by atoms with van der Waals surface area (Å²) < 4.78 is 23.4. The van der Waals surface area contributed by atoms with Gasteiger partial charge in [0.1, 0.15) is 5.01 Å². The van der Waals surface area contributed by atoms with Crippen molar-refractivity contribution in [1.29, 1.82) is 0 Å². The number of nitrogens with two attached hydrogens (primary N) is 1. The molecule has 1 amide bonds. The second kappa shape index (κ2) is 7.62. The van der Waals surface area contributed by atoms with Crippen molar-refractivity contribution in [2.24, 2.45) is 5.14 Å². The summed E-state index contributed by atoms with van der Waals surface area (Å²) in [6.07, 6.45) is 3.37. The minimum absolute atomic E-state index is 0.125. The van der Waals surface area contributed by atoms with Crippen LogP contribution in [0.15, 0.2) is 57.5 Å². The summed E-state index contributed by atoms with van der Waals surface area (Å²) in [5, 5.41) is 10.5. The van der Waals surface area contributed by atoms with Crippen LogP contribution in [0.2, 0.25) is 0 Å². The van der Waals surface area contributed by atoms with Gasteiger partial charge in [0, 0.05) is 27.8 Å². The molecular formula is C16H13BrN4O3S2. The number of benzene rings is 1. The SMILES string of the molecule is NS(=O)(=O)c1ccc(Br)c(C(=O)NCc2nc(-c3ccncc3)cs2)c1. The van der Waals surface area contributed by atoms with E-state index in [2.05, 4.69) is 31.2 Å². The Morgan fingerprint density at radius 3 is 2.65 bits per heavy atom. The zero-order valence-electron chi connectivity index (χ0n) is 13.2. The topological polar surface area (TPSA) is 115 Å². The fourth-order valence-corrected chi connectivity index (χ4v) is 3.86. The van der Waals surface area contributed by atoms with E-state index in [4.69, 9.17) is 5.14 Å². The summed E-state index contributed by atoms with van der Waals surface area (Å²) in [7, 11) is -3.89. The molecule has 0 atom stereocenters. The Morgan fingerprint density at radius 2 is 1.96 bits per heavy atom. The Hall–Kier alpha value is -2.14. The Bertz CT molecular complexity index is 1050. The average molecular weight is 453 g/mol. The molecule has 2 heterocycles. The molecule has 1 aromatic carbocycles. The Labute approximate surface area is 162 Å². The van der Waals surface area contributed by atoms with Crippen molar-refractivity contribution in [1.82, 2.24) is 15.3 Å². The van der Waals surface area contributed by atoms with Gasteiger partial charge in [-0.05, 0) is 46.3 Å². The van der Waals surface area contributed by atoms with E-state index in [-0.39, 0.29) is 17.0 Å².